The van der Waals surface area contributed by atoms with Gasteiger partial charge in [0.05, 0.1) is 6.61 Å². The molecule has 0 aromatic rings. The monoisotopic (exact) mass is 311 g/mol. The van der Waals surface area contributed by atoms with Gasteiger partial charge in [0.2, 0.25) is 0 Å². The third-order valence-corrected chi connectivity index (χ3v) is 4.68. The van der Waals surface area contributed by atoms with E-state index in [-0.39, 0.29) is 6.09 Å². The molecule has 1 saturated heterocycles. The van der Waals surface area contributed by atoms with Gasteiger partial charge in [0.1, 0.15) is 0 Å². The second-order valence-corrected chi connectivity index (χ2v) is 6.80. The maximum Gasteiger partial charge on any atom is 0.407 e. The normalized spacial score (nSPS) is 18.0. The lowest BCUT2D eigenvalue weighted by atomic mass is 10.0. The molecule has 0 aromatic heterocycles. The lowest BCUT2D eigenvalue weighted by Crippen LogP contribution is -2.41. The predicted octanol–water partition coefficient (Wildman–Crippen LogP) is 5.97. The fraction of sp³-hybridized carbons (Fsp3) is 0.947. The molecular formula is C19H37NO2. The maximum atomic E-state index is 11.1. The van der Waals surface area contributed by atoms with Crippen LogP contribution in [-0.4, -0.2) is 18.7 Å². The second kappa shape index (κ2) is 13.9. The zero-order valence-electron chi connectivity index (χ0n) is 14.7. The van der Waals surface area contributed by atoms with E-state index in [2.05, 4.69) is 12.2 Å². The van der Waals surface area contributed by atoms with Crippen molar-refractivity contribution >= 4 is 6.09 Å². The van der Waals surface area contributed by atoms with E-state index < -0.39 is 0 Å². The van der Waals surface area contributed by atoms with E-state index in [1.807, 2.05) is 0 Å². The number of nitrogens with one attached hydrogen (secondary N) is 1. The van der Waals surface area contributed by atoms with Crippen molar-refractivity contribution in [2.75, 3.05) is 6.61 Å². The third-order valence-electron chi connectivity index (χ3n) is 4.68. The molecule has 130 valence electrons. The van der Waals surface area contributed by atoms with Crippen molar-refractivity contribution in [2.24, 2.45) is 0 Å². The number of hydrogen-bond donors (Lipinski definition) is 1. The second-order valence-electron chi connectivity index (χ2n) is 6.80. The number of cyclic esters (lactones) is 1. The van der Waals surface area contributed by atoms with Gasteiger partial charge in [-0.25, -0.2) is 4.79 Å². The minimum absolute atomic E-state index is 0.231. The molecule has 1 aliphatic heterocycles. The van der Waals surface area contributed by atoms with Crippen molar-refractivity contribution < 1.29 is 9.53 Å². The standard InChI is InChI=1S/C19H37NO2/c1-2-3-4-5-6-7-8-9-10-11-12-13-14-15-18-16-17-22-19(21)20-18/h18H,2-17H2,1H3,(H,20,21). The lowest BCUT2D eigenvalue weighted by Gasteiger charge is -2.23. The number of hydrogen-bond acceptors (Lipinski definition) is 2. The van der Waals surface area contributed by atoms with Gasteiger partial charge in [0.15, 0.2) is 0 Å². The fourth-order valence-electron chi connectivity index (χ4n) is 3.20. The fourth-order valence-corrected chi connectivity index (χ4v) is 3.20. The Hall–Kier alpha value is -0.730. The van der Waals surface area contributed by atoms with Crippen LogP contribution in [0.5, 0.6) is 0 Å². The van der Waals surface area contributed by atoms with E-state index in [9.17, 15) is 4.79 Å². The summed E-state index contributed by atoms with van der Waals surface area (Å²) in [7, 11) is 0. The van der Waals surface area contributed by atoms with Gasteiger partial charge in [-0.1, -0.05) is 90.4 Å². The number of carbonyl (C=O) groups is 1. The summed E-state index contributed by atoms with van der Waals surface area (Å²) in [6.45, 7) is 2.87. The highest BCUT2D eigenvalue weighted by molar-refractivity contribution is 5.68. The van der Waals surface area contributed by atoms with Gasteiger partial charge in [-0.05, 0) is 6.42 Å². The first-order valence-electron chi connectivity index (χ1n) is 9.76. The first kappa shape index (κ1) is 19.3. The van der Waals surface area contributed by atoms with Crippen LogP contribution in [-0.2, 0) is 4.74 Å². The Morgan fingerprint density at radius 1 is 0.864 bits per heavy atom. The molecule has 3 nitrogen and oxygen atoms in total. The average Bonchev–Trinajstić information content (AvgIpc) is 2.52. The summed E-state index contributed by atoms with van der Waals surface area (Å²) < 4.78 is 4.88. The van der Waals surface area contributed by atoms with Gasteiger partial charge in [0.25, 0.3) is 0 Å². The third kappa shape index (κ3) is 10.9. The SMILES string of the molecule is CCCCCCCCCCCCCCCC1CCOC(=O)N1. The van der Waals surface area contributed by atoms with Gasteiger partial charge in [-0.15, -0.1) is 0 Å². The van der Waals surface area contributed by atoms with E-state index in [1.165, 1.54) is 83.5 Å². The average molecular weight is 312 g/mol. The molecular weight excluding hydrogens is 274 g/mol. The molecule has 1 aliphatic rings. The molecule has 1 atom stereocenters. The van der Waals surface area contributed by atoms with Crippen LogP contribution in [0.15, 0.2) is 0 Å². The molecule has 22 heavy (non-hydrogen) atoms. The van der Waals surface area contributed by atoms with E-state index in [0.29, 0.717) is 12.6 Å². The summed E-state index contributed by atoms with van der Waals surface area (Å²) in [5, 5.41) is 2.90. The van der Waals surface area contributed by atoms with Crippen LogP contribution in [0.1, 0.15) is 103 Å². The number of amides is 1. The van der Waals surface area contributed by atoms with E-state index in [1.54, 1.807) is 0 Å². The van der Waals surface area contributed by atoms with Gasteiger partial charge in [-0.3, -0.25) is 0 Å². The van der Waals surface area contributed by atoms with Gasteiger partial charge in [0, 0.05) is 12.5 Å². The summed E-state index contributed by atoms with van der Waals surface area (Å²) in [5.74, 6) is 0. The van der Waals surface area contributed by atoms with Crippen LogP contribution in [0.4, 0.5) is 4.79 Å². The molecule has 0 aliphatic carbocycles. The molecule has 0 spiro atoms. The highest BCUT2D eigenvalue weighted by atomic mass is 16.5. The molecule has 1 N–H and O–H groups in total. The topological polar surface area (TPSA) is 38.3 Å². The Balaban J connectivity index is 1.74. The summed E-state index contributed by atoms with van der Waals surface area (Å²) in [6, 6.07) is 0.356. The zero-order chi connectivity index (χ0) is 15.9. The Bertz CT molecular complexity index is 268. The predicted molar refractivity (Wildman–Crippen MR) is 93.2 cm³/mol. The summed E-state index contributed by atoms with van der Waals surface area (Å²) in [4.78, 5) is 11.1. The van der Waals surface area contributed by atoms with Crippen molar-refractivity contribution in [3.63, 3.8) is 0 Å². The molecule has 0 bridgehead atoms. The van der Waals surface area contributed by atoms with E-state index in [0.717, 1.165) is 12.8 Å². The van der Waals surface area contributed by atoms with Crippen LogP contribution in [0, 0.1) is 0 Å². The molecule has 3 heteroatoms. The Morgan fingerprint density at radius 3 is 1.86 bits per heavy atom. The Morgan fingerprint density at radius 2 is 1.36 bits per heavy atom. The largest absolute Gasteiger partial charge is 0.449 e. The molecule has 1 amide bonds. The van der Waals surface area contributed by atoms with Crippen molar-refractivity contribution in [1.82, 2.24) is 5.32 Å². The number of rotatable bonds is 14. The maximum absolute atomic E-state index is 11.1. The lowest BCUT2D eigenvalue weighted by molar-refractivity contribution is 0.113. The molecule has 0 radical (unpaired) electrons. The van der Waals surface area contributed by atoms with Crippen molar-refractivity contribution in [3.8, 4) is 0 Å². The zero-order valence-corrected chi connectivity index (χ0v) is 14.7. The van der Waals surface area contributed by atoms with Crippen molar-refractivity contribution in [2.45, 2.75) is 109 Å². The van der Waals surface area contributed by atoms with Crippen LogP contribution in [0.3, 0.4) is 0 Å². The quantitative estimate of drug-likeness (QED) is 0.401. The first-order chi connectivity index (χ1) is 10.8. The summed E-state index contributed by atoms with van der Waals surface area (Å²) in [5.41, 5.74) is 0. The molecule has 0 saturated carbocycles. The number of alkyl carbamates (subject to hydrolysis) is 1. The van der Waals surface area contributed by atoms with Crippen LogP contribution in [0.2, 0.25) is 0 Å². The van der Waals surface area contributed by atoms with Crippen molar-refractivity contribution in [3.05, 3.63) is 0 Å². The molecule has 1 unspecified atom stereocenters. The number of ether oxygens (including phenoxy) is 1. The Labute approximate surface area is 137 Å². The highest BCUT2D eigenvalue weighted by Crippen LogP contribution is 2.14. The van der Waals surface area contributed by atoms with Gasteiger partial charge < -0.3 is 10.1 Å². The molecule has 1 rings (SSSR count). The van der Waals surface area contributed by atoms with Gasteiger partial charge in [-0.2, -0.15) is 0 Å². The highest BCUT2D eigenvalue weighted by Gasteiger charge is 2.17. The first-order valence-corrected chi connectivity index (χ1v) is 9.76. The van der Waals surface area contributed by atoms with Gasteiger partial charge >= 0.3 is 6.09 Å². The Kier molecular flexibility index (Phi) is 12.2. The van der Waals surface area contributed by atoms with E-state index >= 15 is 0 Å². The molecule has 0 aromatic carbocycles. The van der Waals surface area contributed by atoms with Crippen molar-refractivity contribution in [1.29, 1.82) is 0 Å². The molecule has 1 heterocycles. The van der Waals surface area contributed by atoms with E-state index in [4.69, 9.17) is 4.74 Å². The van der Waals surface area contributed by atoms with Crippen LogP contribution >= 0.6 is 0 Å². The minimum Gasteiger partial charge on any atom is -0.449 e. The summed E-state index contributed by atoms with van der Waals surface area (Å²) >= 11 is 0. The number of unbranched alkanes of at least 4 members (excludes halogenated alkanes) is 12. The molecule has 1 fully saturated rings. The number of carbonyl (C=O) groups excluding carboxylic acids is 1. The smallest absolute Gasteiger partial charge is 0.407 e. The summed E-state index contributed by atoms with van der Waals surface area (Å²) in [6.07, 6.45) is 19.9. The minimum atomic E-state index is -0.231. The van der Waals surface area contributed by atoms with Crippen LogP contribution < -0.4 is 5.32 Å². The van der Waals surface area contributed by atoms with Crippen LogP contribution in [0.25, 0.3) is 0 Å².